The fourth-order valence-electron chi connectivity index (χ4n) is 3.15. The molecule has 2 unspecified atom stereocenters. The van der Waals surface area contributed by atoms with Crippen molar-refractivity contribution in [2.75, 3.05) is 13.1 Å². The second-order valence-corrected chi connectivity index (χ2v) is 5.47. The van der Waals surface area contributed by atoms with Crippen LogP contribution in [0.1, 0.15) is 44.6 Å². The van der Waals surface area contributed by atoms with E-state index in [9.17, 15) is 4.39 Å². The van der Waals surface area contributed by atoms with Crippen LogP contribution in [0.4, 0.5) is 4.39 Å². The van der Waals surface area contributed by atoms with E-state index in [1.807, 2.05) is 6.07 Å². The molecule has 94 valence electrons. The molecule has 1 saturated heterocycles. The van der Waals surface area contributed by atoms with Crippen LogP contribution >= 0.6 is 0 Å². The molecule has 1 heterocycles. The fraction of sp³-hybridized carbons (Fsp3) is 0.600. The first-order valence-electron chi connectivity index (χ1n) is 6.62. The fourth-order valence-corrected chi connectivity index (χ4v) is 3.15. The van der Waals surface area contributed by atoms with Gasteiger partial charge in [-0.1, -0.05) is 32.4 Å². The molecule has 0 spiro atoms. The molecule has 2 rings (SSSR count). The van der Waals surface area contributed by atoms with Gasteiger partial charge < -0.3 is 5.32 Å². The summed E-state index contributed by atoms with van der Waals surface area (Å²) in [5.41, 5.74) is 1.46. The molecule has 1 aliphatic heterocycles. The smallest absolute Gasteiger partial charge is 0.123 e. The van der Waals surface area contributed by atoms with Crippen LogP contribution in [0.15, 0.2) is 24.3 Å². The molecule has 0 bridgehead atoms. The summed E-state index contributed by atoms with van der Waals surface area (Å²) >= 11 is 0. The summed E-state index contributed by atoms with van der Waals surface area (Å²) in [5, 5.41) is 3.44. The first kappa shape index (κ1) is 12.6. The Morgan fingerprint density at radius 3 is 3.00 bits per heavy atom. The third-order valence-electron chi connectivity index (χ3n) is 4.13. The summed E-state index contributed by atoms with van der Waals surface area (Å²) in [6, 6.07) is 7.11. The molecule has 0 amide bonds. The second kappa shape index (κ2) is 5.18. The van der Waals surface area contributed by atoms with Gasteiger partial charge in [0.25, 0.3) is 0 Å². The van der Waals surface area contributed by atoms with Crippen molar-refractivity contribution in [3.63, 3.8) is 0 Å². The molecule has 1 N–H and O–H groups in total. The van der Waals surface area contributed by atoms with Crippen LogP contribution in [-0.2, 0) is 0 Å². The average molecular weight is 235 g/mol. The van der Waals surface area contributed by atoms with E-state index in [1.165, 1.54) is 25.3 Å². The van der Waals surface area contributed by atoms with E-state index in [2.05, 4.69) is 25.2 Å². The number of hydrogen-bond donors (Lipinski definition) is 1. The third-order valence-corrected chi connectivity index (χ3v) is 4.13. The number of benzene rings is 1. The van der Waals surface area contributed by atoms with Gasteiger partial charge in [0.2, 0.25) is 0 Å². The van der Waals surface area contributed by atoms with Gasteiger partial charge in [-0.05, 0) is 42.5 Å². The first-order chi connectivity index (χ1) is 8.15. The first-order valence-corrected chi connectivity index (χ1v) is 6.62. The lowest BCUT2D eigenvalue weighted by Gasteiger charge is -2.42. The van der Waals surface area contributed by atoms with Gasteiger partial charge in [-0.15, -0.1) is 0 Å². The van der Waals surface area contributed by atoms with Crippen molar-refractivity contribution in [1.29, 1.82) is 0 Å². The Balaban J connectivity index is 2.27. The molecule has 1 aliphatic rings. The third kappa shape index (κ3) is 2.68. The number of piperidine rings is 1. The highest BCUT2D eigenvalue weighted by Crippen LogP contribution is 2.44. The highest BCUT2D eigenvalue weighted by atomic mass is 19.1. The quantitative estimate of drug-likeness (QED) is 0.842. The topological polar surface area (TPSA) is 12.0 Å². The Hall–Kier alpha value is -0.890. The van der Waals surface area contributed by atoms with E-state index in [0.717, 1.165) is 18.7 Å². The van der Waals surface area contributed by atoms with Gasteiger partial charge in [0, 0.05) is 12.5 Å². The summed E-state index contributed by atoms with van der Waals surface area (Å²) < 4.78 is 13.3. The minimum Gasteiger partial charge on any atom is -0.316 e. The lowest BCUT2D eigenvalue weighted by molar-refractivity contribution is 0.170. The molecule has 1 nitrogen and oxygen atoms in total. The van der Waals surface area contributed by atoms with Crippen molar-refractivity contribution in [2.45, 2.75) is 39.0 Å². The van der Waals surface area contributed by atoms with Crippen molar-refractivity contribution < 1.29 is 4.39 Å². The normalized spacial score (nSPS) is 29.2. The molecule has 2 atom stereocenters. The van der Waals surface area contributed by atoms with Crippen molar-refractivity contribution in [3.05, 3.63) is 35.6 Å². The highest BCUT2D eigenvalue weighted by Gasteiger charge is 2.36. The Bertz CT molecular complexity index is 373. The van der Waals surface area contributed by atoms with Crippen LogP contribution in [0.5, 0.6) is 0 Å². The Morgan fingerprint density at radius 2 is 2.29 bits per heavy atom. The molecule has 17 heavy (non-hydrogen) atoms. The summed E-state index contributed by atoms with van der Waals surface area (Å²) in [7, 11) is 0. The highest BCUT2D eigenvalue weighted by molar-refractivity contribution is 5.24. The Labute approximate surface area is 103 Å². The molecule has 0 aromatic heterocycles. The van der Waals surface area contributed by atoms with Gasteiger partial charge in [0.1, 0.15) is 5.82 Å². The summed E-state index contributed by atoms with van der Waals surface area (Å²) in [6.45, 7) is 6.64. The maximum Gasteiger partial charge on any atom is 0.123 e. The van der Waals surface area contributed by atoms with E-state index in [1.54, 1.807) is 6.07 Å². The largest absolute Gasteiger partial charge is 0.316 e. The molecule has 1 aromatic carbocycles. The van der Waals surface area contributed by atoms with Gasteiger partial charge in [0.15, 0.2) is 0 Å². The maximum absolute atomic E-state index is 13.3. The zero-order chi connectivity index (χ0) is 12.3. The maximum atomic E-state index is 13.3. The van der Waals surface area contributed by atoms with E-state index < -0.39 is 0 Å². The van der Waals surface area contributed by atoms with Crippen LogP contribution in [0.3, 0.4) is 0 Å². The van der Waals surface area contributed by atoms with Crippen molar-refractivity contribution >= 4 is 0 Å². The molecule has 0 aliphatic carbocycles. The zero-order valence-corrected chi connectivity index (χ0v) is 10.8. The van der Waals surface area contributed by atoms with Gasteiger partial charge in [0.05, 0.1) is 0 Å². The van der Waals surface area contributed by atoms with Crippen molar-refractivity contribution in [1.82, 2.24) is 5.32 Å². The molecule has 2 heteroatoms. The van der Waals surface area contributed by atoms with E-state index in [0.29, 0.717) is 11.3 Å². The summed E-state index contributed by atoms with van der Waals surface area (Å²) in [4.78, 5) is 0. The molecular formula is C15H22FN. The summed E-state index contributed by atoms with van der Waals surface area (Å²) in [6.07, 6.45) is 3.60. The minimum absolute atomic E-state index is 0.119. The van der Waals surface area contributed by atoms with E-state index >= 15 is 0 Å². The lowest BCUT2D eigenvalue weighted by atomic mass is 9.67. The minimum atomic E-state index is -0.119. The molecule has 0 saturated carbocycles. The Kier molecular flexibility index (Phi) is 3.82. The standard InChI is InChI=1S/C15H22FN/c1-3-7-15(2)8-9-17-11-14(15)12-5-4-6-13(16)10-12/h4-6,10,14,17H,3,7-9,11H2,1-2H3. The van der Waals surface area contributed by atoms with E-state index in [4.69, 9.17) is 0 Å². The van der Waals surface area contributed by atoms with Crippen molar-refractivity contribution in [2.24, 2.45) is 5.41 Å². The summed E-state index contributed by atoms with van der Waals surface area (Å²) in [5.74, 6) is 0.318. The number of halogens is 1. The number of rotatable bonds is 3. The lowest BCUT2D eigenvalue weighted by Crippen LogP contribution is -2.41. The average Bonchev–Trinajstić information content (AvgIpc) is 2.29. The van der Waals surface area contributed by atoms with Crippen LogP contribution in [0.2, 0.25) is 0 Å². The van der Waals surface area contributed by atoms with Crippen LogP contribution < -0.4 is 5.32 Å². The van der Waals surface area contributed by atoms with Gasteiger partial charge >= 0.3 is 0 Å². The Morgan fingerprint density at radius 1 is 1.47 bits per heavy atom. The van der Waals surface area contributed by atoms with Crippen LogP contribution in [-0.4, -0.2) is 13.1 Å². The molecule has 1 aromatic rings. The number of hydrogen-bond acceptors (Lipinski definition) is 1. The SMILES string of the molecule is CCCC1(C)CCNCC1c1cccc(F)c1. The predicted octanol–water partition coefficient (Wildman–Crippen LogP) is 3.71. The van der Waals surface area contributed by atoms with Crippen LogP contribution in [0, 0.1) is 11.2 Å². The molecular weight excluding hydrogens is 213 g/mol. The van der Waals surface area contributed by atoms with E-state index in [-0.39, 0.29) is 5.82 Å². The number of nitrogens with one attached hydrogen (secondary N) is 1. The molecule has 1 fully saturated rings. The van der Waals surface area contributed by atoms with Gasteiger partial charge in [-0.3, -0.25) is 0 Å². The van der Waals surface area contributed by atoms with Crippen LogP contribution in [0.25, 0.3) is 0 Å². The van der Waals surface area contributed by atoms with Gasteiger partial charge in [-0.25, -0.2) is 4.39 Å². The van der Waals surface area contributed by atoms with Crippen molar-refractivity contribution in [3.8, 4) is 0 Å². The zero-order valence-electron chi connectivity index (χ0n) is 10.8. The van der Waals surface area contributed by atoms with Gasteiger partial charge in [-0.2, -0.15) is 0 Å². The predicted molar refractivity (Wildman–Crippen MR) is 69.6 cm³/mol. The second-order valence-electron chi connectivity index (χ2n) is 5.47. The monoisotopic (exact) mass is 235 g/mol. The molecule has 0 radical (unpaired) electrons.